The van der Waals surface area contributed by atoms with Crippen molar-refractivity contribution >= 4 is 29.3 Å². The van der Waals surface area contributed by atoms with Crippen molar-refractivity contribution in [2.75, 3.05) is 13.2 Å². The number of ether oxygens (including phenoxy) is 2. The van der Waals surface area contributed by atoms with Crippen molar-refractivity contribution in [3.63, 3.8) is 0 Å². The van der Waals surface area contributed by atoms with E-state index in [4.69, 9.17) is 32.7 Å². The second-order valence-corrected chi connectivity index (χ2v) is 6.49. The summed E-state index contributed by atoms with van der Waals surface area (Å²) in [6, 6.07) is 5.60. The highest BCUT2D eigenvalue weighted by Crippen LogP contribution is 2.29. The van der Waals surface area contributed by atoms with Crippen LogP contribution in [0.25, 0.3) is 6.08 Å². The lowest BCUT2D eigenvalue weighted by molar-refractivity contribution is -0.239. The molecular weight excluding hydrogens is 319 g/mol. The van der Waals surface area contributed by atoms with Crippen LogP contribution in [0.4, 0.5) is 0 Å². The average Bonchev–Trinajstić information content (AvgIpc) is 2.54. The van der Waals surface area contributed by atoms with Crippen LogP contribution in [0, 0.1) is 0 Å². The molecule has 22 heavy (non-hydrogen) atoms. The first kappa shape index (κ1) is 17.8. The van der Waals surface area contributed by atoms with Crippen LogP contribution < -0.4 is 0 Å². The summed E-state index contributed by atoms with van der Waals surface area (Å²) in [4.78, 5) is 0. The van der Waals surface area contributed by atoms with Crippen LogP contribution in [0.2, 0.25) is 10.0 Å². The molecule has 1 fully saturated rings. The Morgan fingerprint density at radius 1 is 1.09 bits per heavy atom. The zero-order valence-corrected chi connectivity index (χ0v) is 14.6. The summed E-state index contributed by atoms with van der Waals surface area (Å²) in [6.45, 7) is 3.71. The van der Waals surface area contributed by atoms with Gasteiger partial charge in [-0.25, -0.2) is 0 Å². The highest BCUT2D eigenvalue weighted by Gasteiger charge is 2.31. The van der Waals surface area contributed by atoms with Crippen molar-refractivity contribution < 1.29 is 9.47 Å². The maximum absolute atomic E-state index is 6.06. The highest BCUT2D eigenvalue weighted by atomic mass is 35.5. The van der Waals surface area contributed by atoms with Gasteiger partial charge in [0.25, 0.3) is 0 Å². The lowest BCUT2D eigenvalue weighted by Gasteiger charge is -2.35. The van der Waals surface area contributed by atoms with Crippen molar-refractivity contribution in [1.29, 1.82) is 0 Å². The minimum absolute atomic E-state index is 0.561. The number of unbranched alkanes of at least 4 members (excludes halogenated alkanes) is 3. The Labute approximate surface area is 143 Å². The molecule has 1 heterocycles. The standard InChI is InChI=1S/C18H24Cl2O2/c1-2-3-4-5-10-18(21-12-6-13-22-18)11-9-15-7-8-16(19)17(20)14-15/h7-9,11,14H,2-6,10,12-13H2,1H3/b11-9+. The van der Waals surface area contributed by atoms with Crippen LogP contribution in [-0.2, 0) is 9.47 Å². The molecule has 1 saturated heterocycles. The van der Waals surface area contributed by atoms with E-state index in [1.54, 1.807) is 6.07 Å². The summed E-state index contributed by atoms with van der Waals surface area (Å²) in [5, 5.41) is 1.13. The fraction of sp³-hybridized carbons (Fsp3) is 0.556. The van der Waals surface area contributed by atoms with Gasteiger partial charge in [-0.05, 0) is 36.6 Å². The third-order valence-corrected chi connectivity index (χ3v) is 4.57. The molecule has 0 unspecified atom stereocenters. The van der Waals surface area contributed by atoms with E-state index in [1.165, 1.54) is 19.3 Å². The van der Waals surface area contributed by atoms with E-state index in [2.05, 4.69) is 6.92 Å². The largest absolute Gasteiger partial charge is 0.346 e. The van der Waals surface area contributed by atoms with Crippen molar-refractivity contribution in [3.05, 3.63) is 39.9 Å². The predicted molar refractivity (Wildman–Crippen MR) is 93.5 cm³/mol. The van der Waals surface area contributed by atoms with Crippen LogP contribution in [0.15, 0.2) is 24.3 Å². The average molecular weight is 343 g/mol. The van der Waals surface area contributed by atoms with E-state index in [9.17, 15) is 0 Å². The van der Waals surface area contributed by atoms with E-state index in [1.807, 2.05) is 24.3 Å². The zero-order chi connectivity index (χ0) is 15.8. The van der Waals surface area contributed by atoms with Gasteiger partial charge in [0.2, 0.25) is 0 Å². The molecule has 2 nitrogen and oxygen atoms in total. The smallest absolute Gasteiger partial charge is 0.188 e. The maximum atomic E-state index is 6.06. The monoisotopic (exact) mass is 342 g/mol. The van der Waals surface area contributed by atoms with Crippen molar-refractivity contribution in [2.45, 2.75) is 51.2 Å². The summed E-state index contributed by atoms with van der Waals surface area (Å²) in [6.07, 6.45) is 10.7. The van der Waals surface area contributed by atoms with Crippen LogP contribution >= 0.6 is 23.2 Å². The Balaban J connectivity index is 2.04. The van der Waals surface area contributed by atoms with Crippen molar-refractivity contribution in [2.24, 2.45) is 0 Å². The molecule has 0 N–H and O–H groups in total. The normalized spacial score (nSPS) is 18.0. The molecule has 0 atom stereocenters. The second kappa shape index (κ2) is 8.93. The molecule has 0 radical (unpaired) electrons. The molecule has 122 valence electrons. The van der Waals surface area contributed by atoms with Gasteiger partial charge >= 0.3 is 0 Å². The topological polar surface area (TPSA) is 18.5 Å². The fourth-order valence-electron chi connectivity index (χ4n) is 2.55. The summed E-state index contributed by atoms with van der Waals surface area (Å²) in [5.74, 6) is -0.585. The van der Waals surface area contributed by atoms with E-state index in [-0.39, 0.29) is 0 Å². The first-order valence-corrected chi connectivity index (χ1v) is 8.83. The van der Waals surface area contributed by atoms with Gasteiger partial charge in [-0.1, -0.05) is 61.5 Å². The number of benzene rings is 1. The molecule has 1 aromatic carbocycles. The minimum Gasteiger partial charge on any atom is -0.346 e. The summed E-state index contributed by atoms with van der Waals surface area (Å²) in [5.41, 5.74) is 1.00. The number of halogens is 2. The fourth-order valence-corrected chi connectivity index (χ4v) is 2.86. The molecule has 4 heteroatoms. The van der Waals surface area contributed by atoms with Gasteiger partial charge in [-0.15, -0.1) is 0 Å². The first-order chi connectivity index (χ1) is 10.7. The lowest BCUT2D eigenvalue weighted by Crippen LogP contribution is -2.38. The molecule has 0 spiro atoms. The van der Waals surface area contributed by atoms with Gasteiger partial charge in [0, 0.05) is 6.42 Å². The van der Waals surface area contributed by atoms with Crippen LogP contribution in [-0.4, -0.2) is 19.0 Å². The Morgan fingerprint density at radius 3 is 2.55 bits per heavy atom. The minimum atomic E-state index is -0.585. The quantitative estimate of drug-likeness (QED) is 0.556. The molecule has 1 aliphatic rings. The number of hydrogen-bond acceptors (Lipinski definition) is 2. The molecule has 0 aromatic heterocycles. The number of hydrogen-bond donors (Lipinski definition) is 0. The third kappa shape index (κ3) is 5.27. The van der Waals surface area contributed by atoms with E-state index in [0.717, 1.165) is 38.0 Å². The molecule has 2 rings (SSSR count). The van der Waals surface area contributed by atoms with Gasteiger partial charge in [-0.2, -0.15) is 0 Å². The molecule has 0 saturated carbocycles. The van der Waals surface area contributed by atoms with E-state index < -0.39 is 5.79 Å². The molecule has 1 aromatic rings. The van der Waals surface area contributed by atoms with Gasteiger partial charge in [0.1, 0.15) is 0 Å². The van der Waals surface area contributed by atoms with Crippen molar-refractivity contribution in [1.82, 2.24) is 0 Å². The Hall–Kier alpha value is -0.540. The molecule has 0 bridgehead atoms. The molecule has 0 aliphatic carbocycles. The summed E-state index contributed by atoms with van der Waals surface area (Å²) in [7, 11) is 0. The predicted octanol–water partition coefficient (Wildman–Crippen LogP) is 6.11. The molecule has 1 aliphatic heterocycles. The Bertz CT molecular complexity index is 494. The van der Waals surface area contributed by atoms with E-state index in [0.29, 0.717) is 10.0 Å². The second-order valence-electron chi connectivity index (χ2n) is 5.68. The summed E-state index contributed by atoms with van der Waals surface area (Å²) < 4.78 is 11.9. The first-order valence-electron chi connectivity index (χ1n) is 8.07. The lowest BCUT2D eigenvalue weighted by atomic mass is 10.0. The Kier molecular flexibility index (Phi) is 7.23. The van der Waals surface area contributed by atoms with Gasteiger partial charge in [0.05, 0.1) is 23.3 Å². The van der Waals surface area contributed by atoms with Gasteiger partial charge in [-0.3, -0.25) is 0 Å². The molecule has 0 amide bonds. The van der Waals surface area contributed by atoms with Gasteiger partial charge < -0.3 is 9.47 Å². The summed E-state index contributed by atoms with van der Waals surface area (Å²) >= 11 is 12.0. The van der Waals surface area contributed by atoms with Crippen LogP contribution in [0.3, 0.4) is 0 Å². The van der Waals surface area contributed by atoms with E-state index >= 15 is 0 Å². The molecular formula is C18H24Cl2O2. The van der Waals surface area contributed by atoms with Gasteiger partial charge in [0.15, 0.2) is 5.79 Å². The van der Waals surface area contributed by atoms with Crippen LogP contribution in [0.5, 0.6) is 0 Å². The van der Waals surface area contributed by atoms with Crippen molar-refractivity contribution in [3.8, 4) is 0 Å². The maximum Gasteiger partial charge on any atom is 0.188 e. The highest BCUT2D eigenvalue weighted by molar-refractivity contribution is 6.42. The Morgan fingerprint density at radius 2 is 1.86 bits per heavy atom. The number of rotatable bonds is 7. The zero-order valence-electron chi connectivity index (χ0n) is 13.1. The van der Waals surface area contributed by atoms with Crippen LogP contribution in [0.1, 0.15) is 51.0 Å². The third-order valence-electron chi connectivity index (χ3n) is 3.83. The SMILES string of the molecule is CCCCCCC1(/C=C/c2ccc(Cl)c(Cl)c2)OCCCO1.